The summed E-state index contributed by atoms with van der Waals surface area (Å²) in [5, 5.41) is 2.60. The number of hydrogen-bond donors (Lipinski definition) is 2. The summed E-state index contributed by atoms with van der Waals surface area (Å²) in [5.74, 6) is -0.151. The highest BCUT2D eigenvalue weighted by atomic mass is 32.1. The molecule has 1 heterocycles. The molecule has 5 heteroatoms. The van der Waals surface area contributed by atoms with Crippen LogP contribution in [0.2, 0.25) is 0 Å². The molecule has 0 aromatic rings. The molecule has 0 saturated carbocycles. The lowest BCUT2D eigenvalue weighted by Gasteiger charge is -2.37. The summed E-state index contributed by atoms with van der Waals surface area (Å²) in [7, 11) is 0. The number of rotatable bonds is 6. The number of thiol groups is 1. The smallest absolute Gasteiger partial charge is 0.214 e. The minimum absolute atomic E-state index is 0.151. The Balaban J connectivity index is 2.89. The van der Waals surface area contributed by atoms with Crippen LogP contribution in [0.4, 0.5) is 0 Å². The fraction of sp³-hybridized carbons (Fsp3) is 0.750. The first-order valence-corrected chi connectivity index (χ1v) is 6.28. The maximum atomic E-state index is 12.3. The standard InChI is InChI=1S/C12H19NO3S/c1-11(2)6-7-13-12(11,10(16)17)9(15)5-3-4-8-14/h8,13H,3-7H2,1-2H3,(H,16,17). The molecule has 0 amide bonds. The number of unbranched alkanes of at least 4 members (excludes halogenated alkanes) is 1. The predicted octanol–water partition coefficient (Wildman–Crippen LogP) is 1.14. The lowest BCUT2D eigenvalue weighted by atomic mass is 9.70. The molecular weight excluding hydrogens is 238 g/mol. The van der Waals surface area contributed by atoms with Crippen molar-refractivity contribution in [3.05, 3.63) is 0 Å². The van der Waals surface area contributed by atoms with Crippen molar-refractivity contribution in [2.24, 2.45) is 5.41 Å². The zero-order valence-corrected chi connectivity index (χ0v) is 11.2. The van der Waals surface area contributed by atoms with Gasteiger partial charge >= 0.3 is 0 Å². The number of hydrogen-bond acceptors (Lipinski definition) is 4. The van der Waals surface area contributed by atoms with Crippen LogP contribution in [0.1, 0.15) is 39.5 Å². The molecule has 1 N–H and O–H groups in total. The van der Waals surface area contributed by atoms with E-state index in [-0.39, 0.29) is 12.2 Å². The van der Waals surface area contributed by atoms with Crippen LogP contribution in [0, 0.1) is 5.41 Å². The predicted molar refractivity (Wildman–Crippen MR) is 68.0 cm³/mol. The Bertz CT molecular complexity index is 341. The molecule has 1 atom stereocenters. The normalized spacial score (nSPS) is 26.8. The number of ketones is 1. The maximum Gasteiger partial charge on any atom is 0.214 e. The largest absolute Gasteiger partial charge is 0.303 e. The summed E-state index contributed by atoms with van der Waals surface area (Å²) < 4.78 is 0. The van der Waals surface area contributed by atoms with Gasteiger partial charge in [0.2, 0.25) is 5.12 Å². The van der Waals surface area contributed by atoms with Gasteiger partial charge in [-0.3, -0.25) is 14.9 Å². The van der Waals surface area contributed by atoms with Crippen LogP contribution in [0.5, 0.6) is 0 Å². The van der Waals surface area contributed by atoms with Crippen LogP contribution in [0.3, 0.4) is 0 Å². The molecule has 1 unspecified atom stereocenters. The van der Waals surface area contributed by atoms with Gasteiger partial charge in [-0.05, 0) is 24.8 Å². The highest BCUT2D eigenvalue weighted by Crippen LogP contribution is 2.41. The molecule has 1 aliphatic heterocycles. The maximum absolute atomic E-state index is 12.3. The van der Waals surface area contributed by atoms with E-state index in [2.05, 4.69) is 17.9 Å². The van der Waals surface area contributed by atoms with E-state index in [1.807, 2.05) is 13.8 Å². The first-order chi connectivity index (χ1) is 7.88. The van der Waals surface area contributed by atoms with Gasteiger partial charge in [0, 0.05) is 12.8 Å². The van der Waals surface area contributed by atoms with Crippen molar-refractivity contribution < 1.29 is 14.4 Å². The lowest BCUT2D eigenvalue weighted by Crippen LogP contribution is -2.60. The summed E-state index contributed by atoms with van der Waals surface area (Å²) in [6.07, 6.45) is 2.63. The van der Waals surface area contributed by atoms with Crippen molar-refractivity contribution in [2.75, 3.05) is 6.54 Å². The molecule has 0 bridgehead atoms. The third-order valence-electron chi connectivity index (χ3n) is 3.62. The van der Waals surface area contributed by atoms with Gasteiger partial charge < -0.3 is 4.79 Å². The van der Waals surface area contributed by atoms with Crippen LogP contribution < -0.4 is 5.32 Å². The second-order valence-corrected chi connectivity index (χ2v) is 5.50. The van der Waals surface area contributed by atoms with Gasteiger partial charge in [-0.25, -0.2) is 0 Å². The number of carbonyl (C=O) groups is 3. The zero-order valence-electron chi connectivity index (χ0n) is 10.3. The highest BCUT2D eigenvalue weighted by Gasteiger charge is 2.57. The third kappa shape index (κ3) is 2.45. The quantitative estimate of drug-likeness (QED) is 0.324. The minimum Gasteiger partial charge on any atom is -0.303 e. The van der Waals surface area contributed by atoms with Crippen molar-refractivity contribution in [2.45, 2.75) is 45.1 Å². The Labute approximate surface area is 107 Å². The lowest BCUT2D eigenvalue weighted by molar-refractivity contribution is -0.135. The van der Waals surface area contributed by atoms with Crippen molar-refractivity contribution in [3.8, 4) is 0 Å². The second-order valence-electron chi connectivity index (χ2n) is 5.10. The van der Waals surface area contributed by atoms with Crippen LogP contribution >= 0.6 is 12.6 Å². The van der Waals surface area contributed by atoms with E-state index in [1.165, 1.54) is 0 Å². The summed E-state index contributed by atoms with van der Waals surface area (Å²) in [6, 6.07) is 0. The Morgan fingerprint density at radius 2 is 2.06 bits per heavy atom. The summed E-state index contributed by atoms with van der Waals surface area (Å²) >= 11 is 3.88. The molecule has 1 fully saturated rings. The third-order valence-corrected chi connectivity index (χ3v) is 3.96. The van der Waals surface area contributed by atoms with E-state index in [9.17, 15) is 14.4 Å². The molecule has 0 spiro atoms. The molecule has 1 aliphatic rings. The summed E-state index contributed by atoms with van der Waals surface area (Å²) in [4.78, 5) is 34.3. The van der Waals surface area contributed by atoms with Crippen molar-refractivity contribution >= 4 is 29.8 Å². The number of aldehydes is 1. The Kier molecular flexibility index (Phi) is 4.49. The fourth-order valence-electron chi connectivity index (χ4n) is 2.48. The van der Waals surface area contributed by atoms with Gasteiger partial charge in [0.15, 0.2) is 11.3 Å². The van der Waals surface area contributed by atoms with Crippen molar-refractivity contribution in [1.82, 2.24) is 5.32 Å². The SMILES string of the molecule is CC1(C)CCNC1(C(=O)S)C(=O)CCCC=O. The number of nitrogens with one attached hydrogen (secondary N) is 1. The van der Waals surface area contributed by atoms with Gasteiger partial charge in [0.1, 0.15) is 6.29 Å². The van der Waals surface area contributed by atoms with E-state index in [1.54, 1.807) is 0 Å². The van der Waals surface area contributed by atoms with Crippen LogP contribution in [-0.4, -0.2) is 29.3 Å². The second kappa shape index (κ2) is 5.31. The molecule has 1 saturated heterocycles. The molecule has 1 rings (SSSR count). The fourth-order valence-corrected chi connectivity index (χ4v) is 2.99. The first kappa shape index (κ1) is 14.4. The molecule has 0 aliphatic carbocycles. The molecule has 17 heavy (non-hydrogen) atoms. The van der Waals surface area contributed by atoms with Gasteiger partial charge in [-0.2, -0.15) is 0 Å². The van der Waals surface area contributed by atoms with E-state index in [0.29, 0.717) is 19.4 Å². The van der Waals surface area contributed by atoms with Gasteiger partial charge in [0.05, 0.1) is 0 Å². The van der Waals surface area contributed by atoms with Crippen molar-refractivity contribution in [1.29, 1.82) is 0 Å². The number of carbonyl (C=O) groups excluding carboxylic acids is 3. The monoisotopic (exact) mass is 257 g/mol. The van der Waals surface area contributed by atoms with Gasteiger partial charge in [0.25, 0.3) is 0 Å². The molecule has 0 aromatic heterocycles. The highest BCUT2D eigenvalue weighted by molar-refractivity contribution is 7.97. The molecular formula is C12H19NO3S. The van der Waals surface area contributed by atoms with E-state index in [0.717, 1.165) is 12.7 Å². The van der Waals surface area contributed by atoms with Crippen LogP contribution in [0.25, 0.3) is 0 Å². The van der Waals surface area contributed by atoms with E-state index >= 15 is 0 Å². The summed E-state index contributed by atoms with van der Waals surface area (Å²) in [5.41, 5.74) is -1.61. The van der Waals surface area contributed by atoms with Gasteiger partial charge in [-0.1, -0.05) is 13.8 Å². The molecule has 0 radical (unpaired) electrons. The minimum atomic E-state index is -1.18. The van der Waals surface area contributed by atoms with E-state index in [4.69, 9.17) is 0 Å². The molecule has 4 nitrogen and oxygen atoms in total. The number of Topliss-reactive ketones (excluding diaryl/α,β-unsaturated/α-hetero) is 1. The van der Waals surface area contributed by atoms with Crippen LogP contribution in [-0.2, 0) is 14.4 Å². The molecule has 96 valence electrons. The first-order valence-electron chi connectivity index (χ1n) is 5.84. The average Bonchev–Trinajstić information content (AvgIpc) is 2.55. The average molecular weight is 257 g/mol. The Hall–Kier alpha value is -0.680. The van der Waals surface area contributed by atoms with Crippen molar-refractivity contribution in [3.63, 3.8) is 0 Å². The molecule has 0 aromatic carbocycles. The van der Waals surface area contributed by atoms with Crippen LogP contribution in [0.15, 0.2) is 0 Å². The van der Waals surface area contributed by atoms with E-state index < -0.39 is 16.1 Å². The Morgan fingerprint density at radius 3 is 2.47 bits per heavy atom. The van der Waals surface area contributed by atoms with Gasteiger partial charge in [-0.15, -0.1) is 12.6 Å². The Morgan fingerprint density at radius 1 is 1.41 bits per heavy atom. The summed E-state index contributed by atoms with van der Waals surface area (Å²) in [6.45, 7) is 4.44. The topological polar surface area (TPSA) is 63.2 Å². The zero-order chi connectivity index (χ0) is 13.1.